The van der Waals surface area contributed by atoms with Crippen molar-refractivity contribution in [3.63, 3.8) is 0 Å². The van der Waals surface area contributed by atoms with Crippen molar-refractivity contribution in [3.8, 4) is 0 Å². The summed E-state index contributed by atoms with van der Waals surface area (Å²) in [6.07, 6.45) is 3.45. The van der Waals surface area contributed by atoms with Crippen molar-refractivity contribution in [2.24, 2.45) is 0 Å². The fourth-order valence-corrected chi connectivity index (χ4v) is 3.38. The minimum absolute atomic E-state index is 0.368. The fourth-order valence-electron chi connectivity index (χ4n) is 2.86. The molecule has 0 unspecified atom stereocenters. The maximum Gasteiger partial charge on any atom is 0.320 e. The summed E-state index contributed by atoms with van der Waals surface area (Å²) in [4.78, 5) is 17.7. The van der Waals surface area contributed by atoms with E-state index in [1.165, 1.54) is 0 Å². The quantitative estimate of drug-likeness (QED) is 0.937. The number of hydrogen-bond donors (Lipinski definition) is 1. The van der Waals surface area contributed by atoms with Crippen LogP contribution in [0, 0.1) is 0 Å². The zero-order valence-electron chi connectivity index (χ0n) is 10.9. The molecule has 2 heterocycles. The molecule has 0 amide bonds. The number of carbonyl (C=O) groups is 1. The molecule has 104 valence electrons. The van der Waals surface area contributed by atoms with Gasteiger partial charge in [-0.15, -0.1) is 0 Å². The molecule has 1 aromatic carbocycles. The van der Waals surface area contributed by atoms with Crippen LogP contribution in [-0.4, -0.2) is 33.5 Å². The summed E-state index contributed by atoms with van der Waals surface area (Å²) < 4.78 is 0.999. The third kappa shape index (κ3) is 2.55. The Balaban J connectivity index is 1.96. The molecule has 5 heteroatoms. The SMILES string of the molecule is O=C(O)[C@@H]1CCCN1Cc1cc(Br)cc2cccnc12. The zero-order chi connectivity index (χ0) is 14.1. The average Bonchev–Trinajstić information content (AvgIpc) is 2.87. The molecule has 0 saturated carbocycles. The Kier molecular flexibility index (Phi) is 3.72. The molecule has 4 nitrogen and oxygen atoms in total. The minimum atomic E-state index is -0.727. The summed E-state index contributed by atoms with van der Waals surface area (Å²) in [5, 5.41) is 10.3. The van der Waals surface area contributed by atoms with Gasteiger partial charge in [-0.25, -0.2) is 0 Å². The predicted octanol–water partition coefficient (Wildman–Crippen LogP) is 3.05. The molecule has 20 heavy (non-hydrogen) atoms. The van der Waals surface area contributed by atoms with Gasteiger partial charge < -0.3 is 5.11 Å². The first-order valence-corrected chi connectivity index (χ1v) is 7.44. The zero-order valence-corrected chi connectivity index (χ0v) is 12.5. The number of aromatic nitrogens is 1. The molecule has 1 aliphatic heterocycles. The van der Waals surface area contributed by atoms with E-state index in [1.54, 1.807) is 6.20 Å². The van der Waals surface area contributed by atoms with Gasteiger partial charge in [0, 0.05) is 22.6 Å². The van der Waals surface area contributed by atoms with Gasteiger partial charge in [-0.05, 0) is 43.1 Å². The van der Waals surface area contributed by atoms with Crippen molar-refractivity contribution in [2.45, 2.75) is 25.4 Å². The normalized spacial score (nSPS) is 19.6. The molecule has 1 N–H and O–H groups in total. The Morgan fingerprint density at radius 3 is 3.15 bits per heavy atom. The fraction of sp³-hybridized carbons (Fsp3) is 0.333. The number of benzene rings is 1. The van der Waals surface area contributed by atoms with E-state index in [0.717, 1.165) is 40.3 Å². The van der Waals surface area contributed by atoms with Crippen molar-refractivity contribution in [3.05, 3.63) is 40.5 Å². The largest absolute Gasteiger partial charge is 0.480 e. The minimum Gasteiger partial charge on any atom is -0.480 e. The third-order valence-corrected chi connectivity index (χ3v) is 4.23. The van der Waals surface area contributed by atoms with E-state index in [-0.39, 0.29) is 6.04 Å². The molecule has 1 aliphatic rings. The monoisotopic (exact) mass is 334 g/mol. The van der Waals surface area contributed by atoms with E-state index in [9.17, 15) is 9.90 Å². The first kappa shape index (κ1) is 13.5. The molecule has 1 atom stereocenters. The van der Waals surface area contributed by atoms with Gasteiger partial charge in [0.15, 0.2) is 0 Å². The second-order valence-corrected chi connectivity index (χ2v) is 6.02. The second-order valence-electron chi connectivity index (χ2n) is 5.11. The number of fused-ring (bicyclic) bond motifs is 1. The molecule has 3 rings (SSSR count). The summed E-state index contributed by atoms with van der Waals surface area (Å²) in [6.45, 7) is 1.46. The number of likely N-dealkylation sites (tertiary alicyclic amines) is 1. The van der Waals surface area contributed by atoms with Gasteiger partial charge in [0.1, 0.15) is 6.04 Å². The number of carboxylic acid groups (broad SMARTS) is 1. The van der Waals surface area contributed by atoms with Gasteiger partial charge in [-0.3, -0.25) is 14.7 Å². The second kappa shape index (κ2) is 5.50. The van der Waals surface area contributed by atoms with Crippen LogP contribution in [0.1, 0.15) is 18.4 Å². The molecule has 0 radical (unpaired) electrons. The Morgan fingerprint density at radius 1 is 1.50 bits per heavy atom. The van der Waals surface area contributed by atoms with Gasteiger partial charge >= 0.3 is 5.97 Å². The van der Waals surface area contributed by atoms with Gasteiger partial charge in [-0.2, -0.15) is 0 Å². The molecule has 1 fully saturated rings. The average molecular weight is 335 g/mol. The third-order valence-electron chi connectivity index (χ3n) is 3.77. The molecule has 1 aromatic heterocycles. The number of pyridine rings is 1. The van der Waals surface area contributed by atoms with Crippen LogP contribution in [0.4, 0.5) is 0 Å². The lowest BCUT2D eigenvalue weighted by Gasteiger charge is -2.21. The smallest absolute Gasteiger partial charge is 0.320 e. The van der Waals surface area contributed by atoms with Crippen LogP contribution >= 0.6 is 15.9 Å². The number of halogens is 1. The summed E-state index contributed by atoms with van der Waals surface area (Å²) in [7, 11) is 0. The van der Waals surface area contributed by atoms with Crippen molar-refractivity contribution in [2.75, 3.05) is 6.54 Å². The van der Waals surface area contributed by atoms with Gasteiger partial charge in [-0.1, -0.05) is 22.0 Å². The van der Waals surface area contributed by atoms with Crippen molar-refractivity contribution in [1.82, 2.24) is 9.88 Å². The van der Waals surface area contributed by atoms with Crippen LogP contribution in [-0.2, 0) is 11.3 Å². The predicted molar refractivity (Wildman–Crippen MR) is 80.5 cm³/mol. The van der Waals surface area contributed by atoms with Crippen LogP contribution in [0.25, 0.3) is 10.9 Å². The van der Waals surface area contributed by atoms with E-state index in [0.29, 0.717) is 6.54 Å². The number of carboxylic acids is 1. The lowest BCUT2D eigenvalue weighted by molar-refractivity contribution is -0.142. The highest BCUT2D eigenvalue weighted by Crippen LogP contribution is 2.26. The summed E-state index contributed by atoms with van der Waals surface area (Å²) >= 11 is 3.51. The topological polar surface area (TPSA) is 53.4 Å². The van der Waals surface area contributed by atoms with Crippen LogP contribution in [0.5, 0.6) is 0 Å². The van der Waals surface area contributed by atoms with Gasteiger partial charge in [0.2, 0.25) is 0 Å². The number of aliphatic carboxylic acids is 1. The maximum atomic E-state index is 11.3. The van der Waals surface area contributed by atoms with Crippen molar-refractivity contribution in [1.29, 1.82) is 0 Å². The molecule has 0 aliphatic carbocycles. The maximum absolute atomic E-state index is 11.3. The van der Waals surface area contributed by atoms with Crippen molar-refractivity contribution >= 4 is 32.8 Å². The Hall–Kier alpha value is -1.46. The number of hydrogen-bond acceptors (Lipinski definition) is 3. The number of rotatable bonds is 3. The highest BCUT2D eigenvalue weighted by atomic mass is 79.9. The van der Waals surface area contributed by atoms with Gasteiger partial charge in [0.25, 0.3) is 0 Å². The Morgan fingerprint density at radius 2 is 2.35 bits per heavy atom. The lowest BCUT2D eigenvalue weighted by atomic mass is 10.1. The van der Waals surface area contributed by atoms with Crippen molar-refractivity contribution < 1.29 is 9.90 Å². The molecular formula is C15H15BrN2O2. The lowest BCUT2D eigenvalue weighted by Crippen LogP contribution is -2.35. The molecule has 2 aromatic rings. The molecule has 1 saturated heterocycles. The van der Waals surface area contributed by atoms with Crippen LogP contribution in [0.2, 0.25) is 0 Å². The Labute approximate surface area is 125 Å². The highest BCUT2D eigenvalue weighted by molar-refractivity contribution is 9.10. The van der Waals surface area contributed by atoms with E-state index >= 15 is 0 Å². The summed E-state index contributed by atoms with van der Waals surface area (Å²) in [5.74, 6) is -0.727. The van der Waals surface area contributed by atoms with E-state index in [2.05, 4.69) is 20.9 Å². The standard InChI is InChI=1S/C15H15BrN2O2/c16-12-7-10-3-1-5-17-14(10)11(8-12)9-18-6-2-4-13(18)15(19)20/h1,3,5,7-8,13H,2,4,6,9H2,(H,19,20)/t13-/m0/s1. The van der Waals surface area contributed by atoms with Crippen LogP contribution in [0.15, 0.2) is 34.9 Å². The van der Waals surface area contributed by atoms with E-state index in [1.807, 2.05) is 29.2 Å². The van der Waals surface area contributed by atoms with Crippen LogP contribution < -0.4 is 0 Å². The van der Waals surface area contributed by atoms with E-state index < -0.39 is 5.97 Å². The summed E-state index contributed by atoms with van der Waals surface area (Å²) in [6, 6.07) is 7.63. The first-order valence-electron chi connectivity index (χ1n) is 6.65. The first-order chi connectivity index (χ1) is 9.65. The summed E-state index contributed by atoms with van der Waals surface area (Å²) in [5.41, 5.74) is 2.02. The van der Waals surface area contributed by atoms with Crippen LogP contribution in [0.3, 0.4) is 0 Å². The molecule has 0 spiro atoms. The van der Waals surface area contributed by atoms with E-state index in [4.69, 9.17) is 0 Å². The molecule has 0 bridgehead atoms. The Bertz CT molecular complexity index is 659. The van der Waals surface area contributed by atoms with Gasteiger partial charge in [0.05, 0.1) is 5.52 Å². The number of nitrogens with zero attached hydrogens (tertiary/aromatic N) is 2. The highest BCUT2D eigenvalue weighted by Gasteiger charge is 2.30. The molecular weight excluding hydrogens is 320 g/mol.